The lowest BCUT2D eigenvalue weighted by Crippen LogP contribution is -1.88. The van der Waals surface area contributed by atoms with Crippen LogP contribution in [0.25, 0.3) is 0 Å². The fourth-order valence-electron chi connectivity index (χ4n) is 1.00. The molecule has 0 radical (unpaired) electrons. The van der Waals surface area contributed by atoms with Gasteiger partial charge in [0.25, 0.3) is 0 Å². The highest BCUT2D eigenvalue weighted by atomic mass is 16.5. The van der Waals surface area contributed by atoms with Crippen LogP contribution < -0.4 is 4.74 Å². The van der Waals surface area contributed by atoms with Crippen molar-refractivity contribution in [1.82, 2.24) is 0 Å². The van der Waals surface area contributed by atoms with E-state index in [9.17, 15) is 0 Å². The summed E-state index contributed by atoms with van der Waals surface area (Å²) in [6.07, 6.45) is 0. The van der Waals surface area contributed by atoms with Gasteiger partial charge in [-0.25, -0.2) is 0 Å². The predicted molar refractivity (Wildman–Crippen MR) is 55.2 cm³/mol. The third-order valence-corrected chi connectivity index (χ3v) is 1.76. The Balaban J connectivity index is 0.000000671. The van der Waals surface area contributed by atoms with Crippen molar-refractivity contribution in [2.75, 3.05) is 14.2 Å². The van der Waals surface area contributed by atoms with Crippen molar-refractivity contribution < 1.29 is 9.84 Å². The van der Waals surface area contributed by atoms with Crippen molar-refractivity contribution in [3.05, 3.63) is 29.8 Å². The highest BCUT2D eigenvalue weighted by Crippen LogP contribution is 2.19. The van der Waals surface area contributed by atoms with Gasteiger partial charge in [-0.3, -0.25) is 0 Å². The van der Waals surface area contributed by atoms with Crippen LogP contribution in [0.5, 0.6) is 5.75 Å². The molecule has 0 atom stereocenters. The van der Waals surface area contributed by atoms with Crippen molar-refractivity contribution in [3.8, 4) is 5.75 Å². The Morgan fingerprint density at radius 1 is 1.23 bits per heavy atom. The zero-order valence-corrected chi connectivity index (χ0v) is 8.74. The first-order chi connectivity index (χ1) is 6.24. The van der Waals surface area contributed by atoms with Crippen LogP contribution in [-0.2, 0) is 0 Å². The second kappa shape index (κ2) is 6.49. The molecular weight excluding hydrogens is 164 g/mol. The van der Waals surface area contributed by atoms with Gasteiger partial charge in [0.05, 0.1) is 7.11 Å². The number of ether oxygens (including phenoxy) is 1. The van der Waals surface area contributed by atoms with E-state index in [1.54, 1.807) is 7.11 Å². The lowest BCUT2D eigenvalue weighted by molar-refractivity contribution is 0.399. The number of aliphatic hydroxyl groups excluding tert-OH is 1. The van der Waals surface area contributed by atoms with E-state index in [1.807, 2.05) is 12.1 Å². The maximum absolute atomic E-state index is 7.00. The minimum Gasteiger partial charge on any atom is -0.497 e. The van der Waals surface area contributed by atoms with Crippen molar-refractivity contribution in [3.63, 3.8) is 0 Å². The van der Waals surface area contributed by atoms with Gasteiger partial charge in [-0.15, -0.1) is 0 Å². The standard InChI is InChI=1S/C10H14O.CH4O/c1-8(2)9-5-4-6-10(7-9)11-3;1-2/h4-8H,1-3H3;2H,1H3. The maximum atomic E-state index is 7.00. The molecule has 0 saturated carbocycles. The number of hydrogen-bond donors (Lipinski definition) is 1. The Bertz CT molecular complexity index is 231. The SMILES string of the molecule is CO.COc1cccc(C(C)C)c1. The zero-order chi connectivity index (χ0) is 10.3. The smallest absolute Gasteiger partial charge is 0.119 e. The first-order valence-electron chi connectivity index (χ1n) is 4.32. The molecule has 74 valence electrons. The molecule has 0 fully saturated rings. The molecule has 1 aromatic carbocycles. The quantitative estimate of drug-likeness (QED) is 0.761. The van der Waals surface area contributed by atoms with E-state index < -0.39 is 0 Å². The summed E-state index contributed by atoms with van der Waals surface area (Å²) in [4.78, 5) is 0. The van der Waals surface area contributed by atoms with Gasteiger partial charge in [0.1, 0.15) is 5.75 Å². The third kappa shape index (κ3) is 3.95. The molecule has 2 nitrogen and oxygen atoms in total. The summed E-state index contributed by atoms with van der Waals surface area (Å²) in [5.74, 6) is 1.52. The Labute approximate surface area is 80.2 Å². The highest BCUT2D eigenvalue weighted by molar-refractivity contribution is 5.29. The minimum atomic E-state index is 0.574. The predicted octanol–water partition coefficient (Wildman–Crippen LogP) is 2.43. The topological polar surface area (TPSA) is 29.5 Å². The van der Waals surface area contributed by atoms with Gasteiger partial charge in [-0.2, -0.15) is 0 Å². The molecule has 0 heterocycles. The minimum absolute atomic E-state index is 0.574. The first-order valence-corrected chi connectivity index (χ1v) is 4.32. The molecule has 0 unspecified atom stereocenters. The second-order valence-electron chi connectivity index (χ2n) is 2.93. The van der Waals surface area contributed by atoms with Crippen molar-refractivity contribution >= 4 is 0 Å². The number of benzene rings is 1. The number of methoxy groups -OCH3 is 1. The summed E-state index contributed by atoms with van der Waals surface area (Å²) in [6, 6.07) is 8.18. The van der Waals surface area contributed by atoms with Crippen molar-refractivity contribution in [2.24, 2.45) is 0 Å². The number of aliphatic hydroxyl groups is 1. The van der Waals surface area contributed by atoms with Crippen LogP contribution in [0.2, 0.25) is 0 Å². The number of hydrogen-bond acceptors (Lipinski definition) is 2. The summed E-state index contributed by atoms with van der Waals surface area (Å²) in [5, 5.41) is 7.00. The van der Waals surface area contributed by atoms with Gasteiger partial charge in [0, 0.05) is 7.11 Å². The molecule has 2 heteroatoms. The fourth-order valence-corrected chi connectivity index (χ4v) is 1.00. The summed E-state index contributed by atoms with van der Waals surface area (Å²) in [5.41, 5.74) is 1.32. The lowest BCUT2D eigenvalue weighted by atomic mass is 10.0. The van der Waals surface area contributed by atoms with Crippen LogP contribution >= 0.6 is 0 Å². The Morgan fingerprint density at radius 2 is 1.85 bits per heavy atom. The largest absolute Gasteiger partial charge is 0.497 e. The Morgan fingerprint density at radius 3 is 2.31 bits per heavy atom. The molecule has 13 heavy (non-hydrogen) atoms. The van der Waals surface area contributed by atoms with E-state index in [-0.39, 0.29) is 0 Å². The number of rotatable bonds is 2. The van der Waals surface area contributed by atoms with E-state index in [0.717, 1.165) is 12.9 Å². The Kier molecular flexibility index (Phi) is 5.98. The monoisotopic (exact) mass is 182 g/mol. The van der Waals surface area contributed by atoms with Gasteiger partial charge in [-0.1, -0.05) is 26.0 Å². The van der Waals surface area contributed by atoms with Crippen LogP contribution in [-0.4, -0.2) is 19.3 Å². The Hall–Kier alpha value is -1.02. The van der Waals surface area contributed by atoms with Gasteiger partial charge in [-0.05, 0) is 23.6 Å². The molecule has 0 aliphatic carbocycles. The maximum Gasteiger partial charge on any atom is 0.119 e. The average molecular weight is 182 g/mol. The van der Waals surface area contributed by atoms with E-state index in [1.165, 1.54) is 5.56 Å². The molecular formula is C11H18O2. The molecule has 1 aromatic rings. The van der Waals surface area contributed by atoms with Crippen LogP contribution in [0.1, 0.15) is 25.3 Å². The van der Waals surface area contributed by atoms with Crippen molar-refractivity contribution in [1.29, 1.82) is 0 Å². The molecule has 0 saturated heterocycles. The van der Waals surface area contributed by atoms with Crippen LogP contribution in [0, 0.1) is 0 Å². The molecule has 0 amide bonds. The van der Waals surface area contributed by atoms with E-state index >= 15 is 0 Å². The zero-order valence-electron chi connectivity index (χ0n) is 8.74. The fraction of sp³-hybridized carbons (Fsp3) is 0.455. The second-order valence-corrected chi connectivity index (χ2v) is 2.93. The molecule has 0 aliphatic rings. The van der Waals surface area contributed by atoms with Gasteiger partial charge in [0.15, 0.2) is 0 Å². The summed E-state index contributed by atoms with van der Waals surface area (Å²) < 4.78 is 5.11. The van der Waals surface area contributed by atoms with Gasteiger partial charge < -0.3 is 9.84 Å². The molecule has 1 rings (SSSR count). The first kappa shape index (κ1) is 12.0. The molecule has 0 aliphatic heterocycles. The third-order valence-electron chi connectivity index (χ3n) is 1.76. The van der Waals surface area contributed by atoms with E-state index in [0.29, 0.717) is 5.92 Å². The molecule has 0 bridgehead atoms. The van der Waals surface area contributed by atoms with Gasteiger partial charge >= 0.3 is 0 Å². The summed E-state index contributed by atoms with van der Waals surface area (Å²) in [7, 11) is 2.69. The average Bonchev–Trinajstić information content (AvgIpc) is 2.21. The van der Waals surface area contributed by atoms with Crippen LogP contribution in [0.3, 0.4) is 0 Å². The lowest BCUT2D eigenvalue weighted by Gasteiger charge is -2.06. The summed E-state index contributed by atoms with van der Waals surface area (Å²) >= 11 is 0. The van der Waals surface area contributed by atoms with E-state index in [4.69, 9.17) is 9.84 Å². The van der Waals surface area contributed by atoms with E-state index in [2.05, 4.69) is 26.0 Å². The molecule has 0 spiro atoms. The van der Waals surface area contributed by atoms with Crippen LogP contribution in [0.4, 0.5) is 0 Å². The summed E-state index contributed by atoms with van der Waals surface area (Å²) in [6.45, 7) is 4.35. The normalized spacial score (nSPS) is 9.08. The van der Waals surface area contributed by atoms with Crippen molar-refractivity contribution in [2.45, 2.75) is 19.8 Å². The molecule has 0 aromatic heterocycles. The van der Waals surface area contributed by atoms with Crippen LogP contribution in [0.15, 0.2) is 24.3 Å². The van der Waals surface area contributed by atoms with Gasteiger partial charge in [0.2, 0.25) is 0 Å². The highest BCUT2D eigenvalue weighted by Gasteiger charge is 1.98. The molecule has 1 N–H and O–H groups in total.